The maximum absolute atomic E-state index is 12.7. The monoisotopic (exact) mass is 429 g/mol. The lowest BCUT2D eigenvalue weighted by molar-refractivity contribution is -0.133. The molecule has 2 amide bonds. The van der Waals surface area contributed by atoms with E-state index in [0.717, 1.165) is 5.56 Å². The lowest BCUT2D eigenvalue weighted by Gasteiger charge is -2.37. The van der Waals surface area contributed by atoms with Crippen molar-refractivity contribution in [1.82, 2.24) is 9.80 Å². The molecule has 1 fully saturated rings. The van der Waals surface area contributed by atoms with Gasteiger partial charge in [0.15, 0.2) is 0 Å². The minimum atomic E-state index is -0.305. The summed E-state index contributed by atoms with van der Waals surface area (Å²) in [7, 11) is 1.55. The van der Waals surface area contributed by atoms with Crippen LogP contribution in [0.15, 0.2) is 42.5 Å². The normalized spacial score (nSPS) is 15.5. The topological polar surface area (TPSA) is 61.9 Å². The number of amides is 2. The van der Waals surface area contributed by atoms with Crippen LogP contribution in [0, 0.1) is 6.92 Å². The van der Waals surface area contributed by atoms with E-state index in [1.165, 1.54) is 5.56 Å². The van der Waals surface area contributed by atoms with Crippen molar-refractivity contribution >= 4 is 29.1 Å². The first-order valence-corrected chi connectivity index (χ1v) is 10.5. The molecule has 3 rings (SSSR count). The number of rotatable bonds is 6. The summed E-state index contributed by atoms with van der Waals surface area (Å²) >= 11 is 6.13. The molecule has 1 heterocycles. The molecule has 1 aliphatic rings. The summed E-state index contributed by atoms with van der Waals surface area (Å²) in [6.07, 6.45) is 0.411. The van der Waals surface area contributed by atoms with Crippen LogP contribution in [-0.2, 0) is 16.0 Å². The highest BCUT2D eigenvalue weighted by Crippen LogP contribution is 2.27. The Hall–Kier alpha value is -2.57. The van der Waals surface area contributed by atoms with Crippen molar-refractivity contribution < 1.29 is 14.3 Å². The number of halogens is 1. The molecule has 160 valence electrons. The van der Waals surface area contributed by atoms with Crippen LogP contribution in [-0.4, -0.2) is 60.9 Å². The predicted octanol–water partition coefficient (Wildman–Crippen LogP) is 3.37. The third kappa shape index (κ3) is 5.52. The van der Waals surface area contributed by atoms with Crippen molar-refractivity contribution in [3.8, 4) is 5.75 Å². The van der Waals surface area contributed by atoms with E-state index in [4.69, 9.17) is 16.3 Å². The zero-order valence-corrected chi connectivity index (χ0v) is 18.4. The Bertz CT molecular complexity index is 893. The molecule has 1 N–H and O–H groups in total. The molecule has 6 nitrogen and oxygen atoms in total. The van der Waals surface area contributed by atoms with Crippen LogP contribution in [0.4, 0.5) is 5.69 Å². The van der Waals surface area contributed by atoms with E-state index in [1.54, 1.807) is 25.3 Å². The molecule has 1 atom stereocenters. The van der Waals surface area contributed by atoms with Gasteiger partial charge in [-0.15, -0.1) is 0 Å². The minimum Gasteiger partial charge on any atom is -0.495 e. The van der Waals surface area contributed by atoms with Crippen LogP contribution in [0.3, 0.4) is 0 Å². The number of methoxy groups -OCH3 is 1. The summed E-state index contributed by atoms with van der Waals surface area (Å²) in [6.45, 7) is 6.48. The maximum atomic E-state index is 12.7. The molecular formula is C23H28ClN3O3. The highest BCUT2D eigenvalue weighted by molar-refractivity contribution is 6.32. The Labute approximate surface area is 182 Å². The van der Waals surface area contributed by atoms with Gasteiger partial charge in [-0.05, 0) is 37.6 Å². The maximum Gasteiger partial charge on any atom is 0.241 e. The average Bonchev–Trinajstić information content (AvgIpc) is 2.75. The van der Waals surface area contributed by atoms with E-state index in [0.29, 0.717) is 49.1 Å². The third-order valence-corrected chi connectivity index (χ3v) is 5.78. The molecule has 2 aromatic carbocycles. The number of hydrogen-bond acceptors (Lipinski definition) is 4. The van der Waals surface area contributed by atoms with Gasteiger partial charge < -0.3 is 15.0 Å². The fourth-order valence-electron chi connectivity index (χ4n) is 3.51. The van der Waals surface area contributed by atoms with Crippen molar-refractivity contribution in [2.24, 2.45) is 0 Å². The number of hydrogen-bond donors (Lipinski definition) is 1. The van der Waals surface area contributed by atoms with Gasteiger partial charge in [-0.25, -0.2) is 0 Å². The molecule has 0 aliphatic carbocycles. The van der Waals surface area contributed by atoms with Crippen molar-refractivity contribution in [3.05, 3.63) is 58.6 Å². The summed E-state index contributed by atoms with van der Waals surface area (Å²) < 4.78 is 5.13. The number of carbonyl (C=O) groups excluding carboxylic acids is 2. The molecule has 0 saturated carbocycles. The second-order valence-electron chi connectivity index (χ2n) is 7.59. The van der Waals surface area contributed by atoms with Gasteiger partial charge in [0.2, 0.25) is 11.8 Å². The summed E-state index contributed by atoms with van der Waals surface area (Å²) in [4.78, 5) is 29.2. The molecule has 1 saturated heterocycles. The number of aryl methyl sites for hydroxylation is 1. The van der Waals surface area contributed by atoms with Gasteiger partial charge in [0.05, 0.1) is 24.6 Å². The first kappa shape index (κ1) is 22.1. The lowest BCUT2D eigenvalue weighted by Crippen LogP contribution is -2.54. The molecule has 1 unspecified atom stereocenters. The molecular weight excluding hydrogens is 402 g/mol. The fourth-order valence-corrected chi connectivity index (χ4v) is 3.77. The Morgan fingerprint density at radius 2 is 1.77 bits per heavy atom. The van der Waals surface area contributed by atoms with Gasteiger partial charge in [0.1, 0.15) is 5.75 Å². The third-order valence-electron chi connectivity index (χ3n) is 5.49. The summed E-state index contributed by atoms with van der Waals surface area (Å²) in [5, 5.41) is 3.35. The van der Waals surface area contributed by atoms with Crippen LogP contribution in [0.25, 0.3) is 0 Å². The van der Waals surface area contributed by atoms with Crippen LogP contribution in [0.1, 0.15) is 18.1 Å². The zero-order chi connectivity index (χ0) is 21.7. The van der Waals surface area contributed by atoms with Gasteiger partial charge in [0.25, 0.3) is 0 Å². The van der Waals surface area contributed by atoms with Crippen LogP contribution in [0.5, 0.6) is 5.75 Å². The molecule has 7 heteroatoms. The number of ether oxygens (including phenoxy) is 1. The standard InChI is InChI=1S/C23H28ClN3O3/c1-16-4-6-18(7-5-16)14-22(28)27-12-10-26(11-13-27)17(2)23(29)25-19-8-9-21(30-3)20(24)15-19/h4-9,15,17H,10-14H2,1-3H3,(H,25,29). The molecule has 1 aliphatic heterocycles. The lowest BCUT2D eigenvalue weighted by atomic mass is 10.1. The number of benzene rings is 2. The van der Waals surface area contributed by atoms with Crippen molar-refractivity contribution in [3.63, 3.8) is 0 Å². The summed E-state index contributed by atoms with van der Waals surface area (Å²) in [6, 6.07) is 12.9. The zero-order valence-electron chi connectivity index (χ0n) is 17.7. The number of piperazine rings is 1. The first-order valence-electron chi connectivity index (χ1n) is 10.1. The van der Waals surface area contributed by atoms with Crippen molar-refractivity contribution in [2.75, 3.05) is 38.6 Å². The number of nitrogens with zero attached hydrogens (tertiary/aromatic N) is 2. The molecule has 0 bridgehead atoms. The van der Waals surface area contributed by atoms with E-state index >= 15 is 0 Å². The second kappa shape index (κ2) is 9.96. The van der Waals surface area contributed by atoms with Crippen LogP contribution < -0.4 is 10.1 Å². The van der Waals surface area contributed by atoms with Crippen LogP contribution in [0.2, 0.25) is 5.02 Å². The SMILES string of the molecule is COc1ccc(NC(=O)C(C)N2CCN(C(=O)Cc3ccc(C)cc3)CC2)cc1Cl. The molecule has 30 heavy (non-hydrogen) atoms. The van der Waals surface area contributed by atoms with Crippen molar-refractivity contribution in [2.45, 2.75) is 26.3 Å². The van der Waals surface area contributed by atoms with Gasteiger partial charge in [0, 0.05) is 31.9 Å². The quantitative estimate of drug-likeness (QED) is 0.764. The Kier molecular flexibility index (Phi) is 7.34. The minimum absolute atomic E-state index is 0.101. The number of anilines is 1. The summed E-state index contributed by atoms with van der Waals surface area (Å²) in [5.41, 5.74) is 2.84. The highest BCUT2D eigenvalue weighted by atomic mass is 35.5. The van der Waals surface area contributed by atoms with Gasteiger partial charge in [-0.1, -0.05) is 41.4 Å². The average molecular weight is 430 g/mol. The van der Waals surface area contributed by atoms with Gasteiger partial charge in [-0.3, -0.25) is 14.5 Å². The van der Waals surface area contributed by atoms with E-state index in [1.807, 2.05) is 43.0 Å². The van der Waals surface area contributed by atoms with E-state index in [2.05, 4.69) is 10.2 Å². The molecule has 2 aromatic rings. The van der Waals surface area contributed by atoms with Crippen molar-refractivity contribution in [1.29, 1.82) is 0 Å². The number of carbonyl (C=O) groups is 2. The first-order chi connectivity index (χ1) is 14.4. The van der Waals surface area contributed by atoms with Gasteiger partial charge >= 0.3 is 0 Å². The molecule has 0 aromatic heterocycles. The Balaban J connectivity index is 1.50. The van der Waals surface area contributed by atoms with E-state index < -0.39 is 0 Å². The molecule has 0 radical (unpaired) electrons. The summed E-state index contributed by atoms with van der Waals surface area (Å²) in [5.74, 6) is 0.591. The predicted molar refractivity (Wildman–Crippen MR) is 119 cm³/mol. The van der Waals surface area contributed by atoms with Gasteiger partial charge in [-0.2, -0.15) is 0 Å². The Morgan fingerprint density at radius 3 is 2.37 bits per heavy atom. The van der Waals surface area contributed by atoms with Crippen LogP contribution >= 0.6 is 11.6 Å². The second-order valence-corrected chi connectivity index (χ2v) is 8.00. The van der Waals surface area contributed by atoms with E-state index in [9.17, 15) is 9.59 Å². The smallest absolute Gasteiger partial charge is 0.241 e. The molecule has 0 spiro atoms. The fraction of sp³-hybridized carbons (Fsp3) is 0.391. The highest BCUT2D eigenvalue weighted by Gasteiger charge is 2.27. The van der Waals surface area contributed by atoms with E-state index in [-0.39, 0.29) is 17.9 Å². The Morgan fingerprint density at radius 1 is 1.10 bits per heavy atom. The largest absolute Gasteiger partial charge is 0.495 e. The number of nitrogens with one attached hydrogen (secondary N) is 1.